The van der Waals surface area contributed by atoms with Crippen LogP contribution in [0.15, 0.2) is 52.3 Å². The summed E-state index contributed by atoms with van der Waals surface area (Å²) in [5.74, 6) is 0.887. The lowest BCUT2D eigenvalue weighted by Gasteiger charge is -2.15. The van der Waals surface area contributed by atoms with E-state index in [4.69, 9.17) is 4.74 Å². The number of hydrogen-bond donors (Lipinski definition) is 2. The lowest BCUT2D eigenvalue weighted by atomic mass is 10.2. The number of ether oxygens (including phenoxy) is 1. The van der Waals surface area contributed by atoms with E-state index < -0.39 is 15.1 Å². The van der Waals surface area contributed by atoms with Gasteiger partial charge in [-0.2, -0.15) is 0 Å². The van der Waals surface area contributed by atoms with Crippen molar-refractivity contribution in [3.8, 4) is 5.75 Å². The molecule has 0 bridgehead atoms. The number of nitrogens with one attached hydrogen (secondary N) is 2. The Hall–Kier alpha value is -2.52. The fourth-order valence-electron chi connectivity index (χ4n) is 3.00. The molecule has 160 valence electrons. The molecule has 1 atom stereocenters. The van der Waals surface area contributed by atoms with E-state index in [-0.39, 0.29) is 23.1 Å². The second kappa shape index (κ2) is 9.53. The number of anilines is 1. The van der Waals surface area contributed by atoms with Crippen LogP contribution in [-0.4, -0.2) is 38.3 Å². The molecule has 0 saturated heterocycles. The van der Waals surface area contributed by atoms with Crippen molar-refractivity contribution in [3.05, 3.63) is 48.0 Å². The summed E-state index contributed by atoms with van der Waals surface area (Å²) in [5, 5.41) is 4.60. The molecule has 0 radical (unpaired) electrons. The maximum Gasteiger partial charge on any atom is 0.225 e. The lowest BCUT2D eigenvalue weighted by molar-refractivity contribution is -0.121. The predicted molar refractivity (Wildman–Crippen MR) is 117 cm³/mol. The fraction of sp³-hybridized carbons (Fsp3) is 0.333. The first kappa shape index (κ1) is 22.2. The van der Waals surface area contributed by atoms with Gasteiger partial charge in [-0.25, -0.2) is 8.42 Å². The third kappa shape index (κ3) is 5.34. The number of thioether (sulfide) groups is 1. The van der Waals surface area contributed by atoms with E-state index in [1.807, 2.05) is 12.1 Å². The number of methoxy groups -OCH3 is 1. The van der Waals surface area contributed by atoms with Crippen molar-refractivity contribution in [2.24, 2.45) is 0 Å². The first-order valence-corrected chi connectivity index (χ1v) is 12.0. The van der Waals surface area contributed by atoms with Gasteiger partial charge in [0.2, 0.25) is 11.8 Å². The Labute approximate surface area is 180 Å². The van der Waals surface area contributed by atoms with Gasteiger partial charge in [-0.15, -0.1) is 11.8 Å². The Bertz CT molecular complexity index is 1040. The number of amides is 2. The second-order valence-electron chi connectivity index (χ2n) is 6.99. The zero-order valence-electron chi connectivity index (χ0n) is 16.8. The quantitative estimate of drug-likeness (QED) is 0.675. The molecule has 2 aromatic carbocycles. The highest BCUT2D eigenvalue weighted by atomic mass is 32.2. The highest BCUT2D eigenvalue weighted by Gasteiger charge is 2.27. The van der Waals surface area contributed by atoms with E-state index >= 15 is 0 Å². The minimum atomic E-state index is -3.73. The van der Waals surface area contributed by atoms with Crippen LogP contribution >= 0.6 is 11.8 Å². The zero-order valence-corrected chi connectivity index (χ0v) is 18.4. The molecule has 30 heavy (non-hydrogen) atoms. The van der Waals surface area contributed by atoms with Crippen LogP contribution in [0.3, 0.4) is 0 Å². The largest absolute Gasteiger partial charge is 0.497 e. The van der Waals surface area contributed by atoms with Gasteiger partial charge in [-0.3, -0.25) is 9.59 Å². The lowest BCUT2D eigenvalue weighted by Crippen LogP contribution is -2.29. The first-order chi connectivity index (χ1) is 14.3. The van der Waals surface area contributed by atoms with Crippen LogP contribution in [0.2, 0.25) is 0 Å². The van der Waals surface area contributed by atoms with Gasteiger partial charge >= 0.3 is 0 Å². The molecule has 7 nitrogen and oxygen atoms in total. The van der Waals surface area contributed by atoms with Gasteiger partial charge < -0.3 is 15.4 Å². The molecule has 2 amide bonds. The third-order valence-corrected chi connectivity index (χ3v) is 8.00. The molecule has 3 rings (SSSR count). The molecule has 9 heteroatoms. The maximum absolute atomic E-state index is 13.0. The van der Waals surface area contributed by atoms with E-state index in [0.717, 1.165) is 16.2 Å². The van der Waals surface area contributed by atoms with E-state index in [1.165, 1.54) is 30.8 Å². The summed E-state index contributed by atoms with van der Waals surface area (Å²) < 4.78 is 31.0. The summed E-state index contributed by atoms with van der Waals surface area (Å²) in [5.41, 5.74) is 1.39. The average molecular weight is 449 g/mol. The maximum atomic E-state index is 13.0. The van der Waals surface area contributed by atoms with Gasteiger partial charge in [0.1, 0.15) is 5.75 Å². The number of sulfone groups is 1. The standard InChI is InChI=1S/C21H24N2O5S2/c1-14(11-21(25)22-13-15-3-5-16(28-2)6-4-15)30(26,27)17-7-8-19-18(12-17)23-20(24)9-10-29-19/h3-8,12,14H,9-11,13H2,1-2H3,(H,22,25)(H,23,24). The molecule has 1 unspecified atom stereocenters. The Morgan fingerprint density at radius 2 is 1.97 bits per heavy atom. The third-order valence-electron chi connectivity index (χ3n) is 4.79. The van der Waals surface area contributed by atoms with Crippen LogP contribution in [0, 0.1) is 0 Å². The highest BCUT2D eigenvalue weighted by molar-refractivity contribution is 7.99. The zero-order chi connectivity index (χ0) is 21.7. The molecule has 0 aliphatic carbocycles. The molecular formula is C21H24N2O5S2. The Kier molecular flexibility index (Phi) is 7.04. The monoisotopic (exact) mass is 448 g/mol. The van der Waals surface area contributed by atoms with E-state index in [9.17, 15) is 18.0 Å². The minimum absolute atomic E-state index is 0.0968. The van der Waals surface area contributed by atoms with Crippen molar-refractivity contribution in [1.29, 1.82) is 0 Å². The molecule has 2 aromatic rings. The molecule has 0 aromatic heterocycles. The van der Waals surface area contributed by atoms with E-state index in [0.29, 0.717) is 24.4 Å². The fourth-order valence-corrected chi connectivity index (χ4v) is 5.31. The molecule has 1 aliphatic rings. The molecule has 1 aliphatic heterocycles. The van der Waals surface area contributed by atoms with Crippen molar-refractivity contribution in [3.63, 3.8) is 0 Å². The Morgan fingerprint density at radius 3 is 2.67 bits per heavy atom. The van der Waals surface area contributed by atoms with Gasteiger partial charge in [0.15, 0.2) is 9.84 Å². The molecule has 0 spiro atoms. The van der Waals surface area contributed by atoms with Crippen LogP contribution in [0.5, 0.6) is 5.75 Å². The number of hydrogen-bond acceptors (Lipinski definition) is 6. The van der Waals surface area contributed by atoms with Gasteiger partial charge in [0.05, 0.1) is 22.9 Å². The molecule has 0 fully saturated rings. The normalized spacial score (nSPS) is 14.8. The molecular weight excluding hydrogens is 424 g/mol. The van der Waals surface area contributed by atoms with Crippen molar-refractivity contribution >= 4 is 39.1 Å². The molecule has 1 heterocycles. The smallest absolute Gasteiger partial charge is 0.225 e. The number of carbonyl (C=O) groups excluding carboxylic acids is 2. The SMILES string of the molecule is COc1ccc(CNC(=O)CC(C)S(=O)(=O)c2ccc3c(c2)NC(=O)CCS3)cc1. The molecule has 0 saturated carbocycles. The number of benzene rings is 2. The summed E-state index contributed by atoms with van der Waals surface area (Å²) in [6.45, 7) is 1.82. The Balaban J connectivity index is 1.64. The second-order valence-corrected chi connectivity index (χ2v) is 10.5. The van der Waals surface area contributed by atoms with Gasteiger partial charge in [0, 0.05) is 30.0 Å². The number of rotatable bonds is 7. The topological polar surface area (TPSA) is 102 Å². The van der Waals surface area contributed by atoms with Gasteiger partial charge in [-0.1, -0.05) is 12.1 Å². The predicted octanol–water partition coefficient (Wildman–Crippen LogP) is 3.00. The average Bonchev–Trinajstić information content (AvgIpc) is 2.92. The number of fused-ring (bicyclic) bond motifs is 1. The van der Waals surface area contributed by atoms with Crippen LogP contribution in [0.4, 0.5) is 5.69 Å². The van der Waals surface area contributed by atoms with Crippen molar-refractivity contribution in [1.82, 2.24) is 5.32 Å². The highest BCUT2D eigenvalue weighted by Crippen LogP contribution is 2.33. The minimum Gasteiger partial charge on any atom is -0.497 e. The van der Waals surface area contributed by atoms with Crippen molar-refractivity contribution in [2.75, 3.05) is 18.2 Å². The summed E-state index contributed by atoms with van der Waals surface area (Å²) in [6, 6.07) is 12.0. The van der Waals surface area contributed by atoms with Crippen molar-refractivity contribution in [2.45, 2.75) is 41.4 Å². The summed E-state index contributed by atoms with van der Waals surface area (Å²) >= 11 is 1.51. The van der Waals surface area contributed by atoms with E-state index in [1.54, 1.807) is 25.3 Å². The van der Waals surface area contributed by atoms with Gasteiger partial charge in [-0.05, 0) is 42.8 Å². The Morgan fingerprint density at radius 1 is 1.23 bits per heavy atom. The van der Waals surface area contributed by atoms with Gasteiger partial charge in [0.25, 0.3) is 0 Å². The number of carbonyl (C=O) groups is 2. The summed E-state index contributed by atoms with van der Waals surface area (Å²) in [6.07, 6.45) is 0.225. The van der Waals surface area contributed by atoms with Crippen LogP contribution in [0.1, 0.15) is 25.3 Å². The van der Waals surface area contributed by atoms with Crippen LogP contribution < -0.4 is 15.4 Å². The summed E-state index contributed by atoms with van der Waals surface area (Å²) in [7, 11) is -2.15. The van der Waals surface area contributed by atoms with Crippen LogP contribution in [-0.2, 0) is 26.0 Å². The summed E-state index contributed by atoms with van der Waals surface area (Å²) in [4.78, 5) is 25.0. The van der Waals surface area contributed by atoms with E-state index in [2.05, 4.69) is 10.6 Å². The first-order valence-electron chi connectivity index (χ1n) is 9.50. The van der Waals surface area contributed by atoms with Crippen molar-refractivity contribution < 1.29 is 22.7 Å². The molecule has 2 N–H and O–H groups in total. The van der Waals surface area contributed by atoms with Crippen LogP contribution in [0.25, 0.3) is 0 Å².